The summed E-state index contributed by atoms with van der Waals surface area (Å²) in [6, 6.07) is -0.175. The number of carboxylic acid groups (broad SMARTS) is 1. The Hall–Kier alpha value is -1.81. The minimum atomic E-state index is -1.05. The maximum absolute atomic E-state index is 14.8. The van der Waals surface area contributed by atoms with Crippen molar-refractivity contribution in [1.29, 1.82) is 0 Å². The third-order valence-corrected chi connectivity index (χ3v) is 14.5. The number of hydrogen-bond acceptors (Lipinski definition) is 8. The van der Waals surface area contributed by atoms with Gasteiger partial charge in [0.25, 0.3) is 0 Å². The van der Waals surface area contributed by atoms with Gasteiger partial charge in [-0.15, -0.1) is 0 Å². The number of esters is 1. The number of carbonyl (C=O) groups excluding carboxylic acids is 2. The molecule has 0 spiro atoms. The van der Waals surface area contributed by atoms with Crippen molar-refractivity contribution in [3.63, 3.8) is 0 Å². The largest absolute Gasteiger partial charge is 0.481 e. The molecule has 260 valence electrons. The van der Waals surface area contributed by atoms with Crippen LogP contribution in [0.3, 0.4) is 0 Å². The molecule has 12 atom stereocenters. The van der Waals surface area contributed by atoms with Gasteiger partial charge in [-0.25, -0.2) is 0 Å². The highest BCUT2D eigenvalue weighted by atomic mass is 16.6. The molecule has 1 aliphatic heterocycles. The number of rotatable bonds is 10. The number of fused-ring (bicyclic) bond motifs is 3. The zero-order valence-electron chi connectivity index (χ0n) is 29.5. The smallest absolute Gasteiger partial charge is 0.308 e. The van der Waals surface area contributed by atoms with Crippen LogP contribution in [-0.2, 0) is 28.6 Å². The van der Waals surface area contributed by atoms with Crippen LogP contribution in [0.4, 0.5) is 0 Å². The van der Waals surface area contributed by atoms with Gasteiger partial charge in [-0.3, -0.25) is 14.4 Å². The monoisotopic (exact) mass is 644 g/mol. The van der Waals surface area contributed by atoms with Crippen molar-refractivity contribution in [2.24, 2.45) is 68.1 Å². The molecule has 4 fully saturated rings. The lowest BCUT2D eigenvalue weighted by atomic mass is 9.34. The van der Waals surface area contributed by atoms with E-state index < -0.39 is 51.2 Å². The topological polar surface area (TPSA) is 151 Å². The molecule has 1 saturated heterocycles. The Balaban J connectivity index is 1.58. The van der Waals surface area contributed by atoms with E-state index in [1.54, 1.807) is 0 Å². The molecule has 0 aromatic heterocycles. The molecule has 9 nitrogen and oxygen atoms in total. The Labute approximate surface area is 275 Å². The Morgan fingerprint density at radius 2 is 1.80 bits per heavy atom. The van der Waals surface area contributed by atoms with E-state index in [9.17, 15) is 19.5 Å². The van der Waals surface area contributed by atoms with Gasteiger partial charge in [0.15, 0.2) is 5.78 Å². The summed E-state index contributed by atoms with van der Waals surface area (Å²) < 4.78 is 19.1. The van der Waals surface area contributed by atoms with Gasteiger partial charge in [0.1, 0.15) is 12.2 Å². The molecular formula is C37H60N2O7. The summed E-state index contributed by atoms with van der Waals surface area (Å²) in [5.41, 5.74) is 10.1. The van der Waals surface area contributed by atoms with Crippen LogP contribution in [0.15, 0.2) is 11.6 Å². The highest BCUT2D eigenvalue weighted by Gasteiger charge is 2.74. The number of carboxylic acids is 1. The highest BCUT2D eigenvalue weighted by molar-refractivity contribution is 6.00. The van der Waals surface area contributed by atoms with E-state index in [-0.39, 0.29) is 35.5 Å². The maximum atomic E-state index is 14.8. The van der Waals surface area contributed by atoms with Gasteiger partial charge in [0, 0.05) is 29.2 Å². The predicted octanol–water partition coefficient (Wildman–Crippen LogP) is 5.14. The molecule has 2 bridgehead atoms. The third kappa shape index (κ3) is 5.04. The normalized spacial score (nSPS) is 44.7. The van der Waals surface area contributed by atoms with Crippen molar-refractivity contribution in [3.05, 3.63) is 11.6 Å². The quantitative estimate of drug-likeness (QED) is 0.275. The van der Waals surface area contributed by atoms with Gasteiger partial charge < -0.3 is 30.8 Å². The van der Waals surface area contributed by atoms with Crippen LogP contribution >= 0.6 is 0 Å². The lowest BCUT2D eigenvalue weighted by molar-refractivity contribution is -0.266. The molecule has 5 aliphatic rings. The van der Waals surface area contributed by atoms with Crippen molar-refractivity contribution >= 4 is 17.7 Å². The van der Waals surface area contributed by atoms with E-state index in [0.717, 1.165) is 44.1 Å². The molecule has 3 saturated carbocycles. The van der Waals surface area contributed by atoms with E-state index in [4.69, 9.17) is 25.7 Å². The summed E-state index contributed by atoms with van der Waals surface area (Å²) in [5, 5.41) is 10.9. The first-order chi connectivity index (χ1) is 21.4. The minimum absolute atomic E-state index is 0.0262. The molecule has 0 amide bonds. The maximum Gasteiger partial charge on any atom is 0.308 e. The van der Waals surface area contributed by atoms with Gasteiger partial charge in [0.2, 0.25) is 0 Å². The van der Waals surface area contributed by atoms with Crippen molar-refractivity contribution < 1.29 is 33.7 Å². The summed E-state index contributed by atoms with van der Waals surface area (Å²) in [4.78, 5) is 40.6. The SMILES string of the molecule is CC(=O)OC1C[C@@]23COC[C@](C)(C2CC[C@H]2C3=CC(=O)[C@@]3(C)[C@H](C(=O)O)[C@@](C)([C@H](C)C(C)C)CC[C@]23C)[C@H]1OCC(N)CCCN. The van der Waals surface area contributed by atoms with Crippen molar-refractivity contribution in [1.82, 2.24) is 0 Å². The number of hydrogen-bond donors (Lipinski definition) is 3. The second-order valence-corrected chi connectivity index (χ2v) is 17.0. The highest BCUT2D eigenvalue weighted by Crippen LogP contribution is 2.74. The molecule has 0 aromatic carbocycles. The Morgan fingerprint density at radius 3 is 2.41 bits per heavy atom. The van der Waals surface area contributed by atoms with E-state index in [1.165, 1.54) is 6.92 Å². The first-order valence-electron chi connectivity index (χ1n) is 17.8. The zero-order valence-corrected chi connectivity index (χ0v) is 29.5. The average molecular weight is 645 g/mol. The molecule has 3 unspecified atom stereocenters. The molecule has 5 rings (SSSR count). The molecule has 4 aliphatic carbocycles. The van der Waals surface area contributed by atoms with E-state index in [2.05, 4.69) is 41.5 Å². The molecule has 5 N–H and O–H groups in total. The van der Waals surface area contributed by atoms with Crippen LogP contribution in [0, 0.1) is 56.7 Å². The van der Waals surface area contributed by atoms with Crippen LogP contribution in [0.1, 0.15) is 100 Å². The van der Waals surface area contributed by atoms with Crippen LogP contribution in [-0.4, -0.2) is 67.4 Å². The lowest BCUT2D eigenvalue weighted by Crippen LogP contribution is -2.71. The van der Waals surface area contributed by atoms with Gasteiger partial charge in [0.05, 0.1) is 25.7 Å². The summed E-state index contributed by atoms with van der Waals surface area (Å²) in [5.74, 6) is -1.50. The van der Waals surface area contributed by atoms with Crippen LogP contribution in [0.25, 0.3) is 0 Å². The van der Waals surface area contributed by atoms with E-state index in [1.807, 2.05) is 13.0 Å². The Kier molecular flexibility index (Phi) is 9.46. The van der Waals surface area contributed by atoms with Gasteiger partial charge in [-0.2, -0.15) is 0 Å². The predicted molar refractivity (Wildman–Crippen MR) is 176 cm³/mol. The van der Waals surface area contributed by atoms with Gasteiger partial charge in [-0.05, 0) is 92.1 Å². The molecule has 46 heavy (non-hydrogen) atoms. The minimum Gasteiger partial charge on any atom is -0.481 e. The first kappa shape index (κ1) is 35.5. The summed E-state index contributed by atoms with van der Waals surface area (Å²) in [6.45, 7) is 18.2. The second-order valence-electron chi connectivity index (χ2n) is 17.0. The fraction of sp³-hybridized carbons (Fsp3) is 0.865. The molecule has 9 heteroatoms. The number of ketones is 1. The second kappa shape index (κ2) is 12.3. The van der Waals surface area contributed by atoms with Crippen LogP contribution in [0.5, 0.6) is 0 Å². The van der Waals surface area contributed by atoms with Crippen LogP contribution in [0.2, 0.25) is 0 Å². The number of aliphatic carboxylic acids is 1. The third-order valence-electron chi connectivity index (χ3n) is 14.5. The molecular weight excluding hydrogens is 584 g/mol. The number of allylic oxidation sites excluding steroid dienone is 1. The Bertz CT molecular complexity index is 1250. The van der Waals surface area contributed by atoms with E-state index >= 15 is 0 Å². The fourth-order valence-corrected chi connectivity index (χ4v) is 11.7. The molecule has 0 radical (unpaired) electrons. The molecule has 1 heterocycles. The van der Waals surface area contributed by atoms with Crippen LogP contribution < -0.4 is 11.5 Å². The van der Waals surface area contributed by atoms with E-state index in [0.29, 0.717) is 38.7 Å². The summed E-state index contributed by atoms with van der Waals surface area (Å²) in [6.07, 6.45) is 6.31. The van der Waals surface area contributed by atoms with Crippen molar-refractivity contribution in [3.8, 4) is 0 Å². The summed E-state index contributed by atoms with van der Waals surface area (Å²) in [7, 11) is 0. The fourth-order valence-electron chi connectivity index (χ4n) is 11.7. The van der Waals surface area contributed by atoms with Gasteiger partial charge >= 0.3 is 11.9 Å². The number of nitrogens with two attached hydrogens (primary N) is 2. The number of ether oxygens (including phenoxy) is 3. The van der Waals surface area contributed by atoms with Crippen molar-refractivity contribution in [2.75, 3.05) is 26.4 Å². The summed E-state index contributed by atoms with van der Waals surface area (Å²) >= 11 is 0. The first-order valence-corrected chi connectivity index (χ1v) is 17.8. The number of carbonyl (C=O) groups is 3. The zero-order chi connectivity index (χ0) is 34.0. The average Bonchev–Trinajstić information content (AvgIpc) is 2.96. The Morgan fingerprint density at radius 1 is 1.11 bits per heavy atom. The lowest BCUT2D eigenvalue weighted by Gasteiger charge is -2.70. The van der Waals surface area contributed by atoms with Gasteiger partial charge in [-0.1, -0.05) is 54.0 Å². The molecule has 0 aromatic rings. The van der Waals surface area contributed by atoms with Crippen molar-refractivity contribution in [2.45, 2.75) is 119 Å². The standard InChI is InChI=1S/C37H60N2O7/c1-21(2)22(3)33(5)13-14-35(7)25-11-12-28-34(6)19-44-20-37(28,26(25)16-29(41)36(35,8)30(33)32(42)43)17-27(46-23(4)40)31(34)45-18-24(39)10-9-15-38/h16,21-22,24-25,27-28,30-31H,9-15,17-20,38-39H2,1-8H3,(H,42,43)/t22-,24?,25+,27?,28?,30-,31+,33-,34-,35-,36+,37+/m1/s1.